The maximum atomic E-state index is 12.4. The molecule has 0 aliphatic heterocycles. The molecule has 6 heteroatoms. The molecule has 23 heavy (non-hydrogen) atoms. The largest absolute Gasteiger partial charge is 0.481 e. The molecule has 1 aromatic rings. The SMILES string of the molecule is CCc1ccc(CC(SC=O)C(=O)N(C)CCCC(=O)O)cc1. The maximum Gasteiger partial charge on any atom is 0.303 e. The molecule has 1 atom stereocenters. The summed E-state index contributed by atoms with van der Waals surface area (Å²) in [6.07, 6.45) is 1.87. The van der Waals surface area contributed by atoms with E-state index in [0.29, 0.717) is 25.0 Å². The molecule has 1 aromatic carbocycles. The van der Waals surface area contributed by atoms with Crippen molar-refractivity contribution in [3.8, 4) is 0 Å². The van der Waals surface area contributed by atoms with Gasteiger partial charge in [0.1, 0.15) is 0 Å². The van der Waals surface area contributed by atoms with E-state index in [1.807, 2.05) is 24.3 Å². The number of nitrogens with zero attached hydrogens (tertiary/aromatic N) is 1. The highest BCUT2D eigenvalue weighted by atomic mass is 32.2. The summed E-state index contributed by atoms with van der Waals surface area (Å²) in [5.74, 6) is -1.02. The Morgan fingerprint density at radius 3 is 2.39 bits per heavy atom. The van der Waals surface area contributed by atoms with Gasteiger partial charge in [-0.25, -0.2) is 0 Å². The van der Waals surface area contributed by atoms with E-state index < -0.39 is 11.2 Å². The third-order valence-electron chi connectivity index (χ3n) is 3.61. The average Bonchev–Trinajstić information content (AvgIpc) is 2.54. The molecule has 1 N–H and O–H groups in total. The summed E-state index contributed by atoms with van der Waals surface area (Å²) in [6, 6.07) is 8.02. The molecular formula is C17H23NO4S. The highest BCUT2D eigenvalue weighted by Gasteiger charge is 2.23. The quantitative estimate of drug-likeness (QED) is 0.664. The number of aliphatic carboxylic acids is 1. The Bertz CT molecular complexity index is 530. The molecule has 0 saturated carbocycles. The van der Waals surface area contributed by atoms with E-state index in [0.717, 1.165) is 23.7 Å². The van der Waals surface area contributed by atoms with Gasteiger partial charge in [0.05, 0.1) is 5.25 Å². The molecule has 0 radical (unpaired) electrons. The maximum absolute atomic E-state index is 12.4. The second kappa shape index (κ2) is 10.0. The van der Waals surface area contributed by atoms with E-state index in [4.69, 9.17) is 5.11 Å². The predicted octanol–water partition coefficient (Wildman–Crippen LogP) is 2.41. The molecule has 0 bridgehead atoms. The highest BCUT2D eigenvalue weighted by molar-refractivity contribution is 8.13. The Labute approximate surface area is 141 Å². The molecule has 0 aliphatic carbocycles. The predicted molar refractivity (Wildman–Crippen MR) is 92.2 cm³/mol. The normalized spacial score (nSPS) is 11.7. The number of carboxylic acids is 1. The molecule has 0 saturated heterocycles. The molecule has 0 heterocycles. The van der Waals surface area contributed by atoms with Crippen molar-refractivity contribution in [2.45, 2.75) is 37.9 Å². The Kier molecular flexibility index (Phi) is 8.40. The number of benzene rings is 1. The van der Waals surface area contributed by atoms with Crippen molar-refractivity contribution in [1.29, 1.82) is 0 Å². The molecule has 5 nitrogen and oxygen atoms in total. The van der Waals surface area contributed by atoms with Crippen LogP contribution in [0.4, 0.5) is 0 Å². The number of hydrogen-bond acceptors (Lipinski definition) is 4. The van der Waals surface area contributed by atoms with Crippen molar-refractivity contribution < 1.29 is 19.5 Å². The molecule has 126 valence electrons. The molecule has 0 aliphatic rings. The lowest BCUT2D eigenvalue weighted by molar-refractivity contribution is -0.138. The van der Waals surface area contributed by atoms with Crippen LogP contribution in [-0.4, -0.2) is 46.3 Å². The van der Waals surface area contributed by atoms with Crippen molar-refractivity contribution in [2.24, 2.45) is 0 Å². The van der Waals surface area contributed by atoms with Gasteiger partial charge in [0.15, 0.2) is 5.62 Å². The van der Waals surface area contributed by atoms with Gasteiger partial charge in [0.2, 0.25) is 5.91 Å². The van der Waals surface area contributed by atoms with Crippen LogP contribution >= 0.6 is 11.8 Å². The highest BCUT2D eigenvalue weighted by Crippen LogP contribution is 2.18. The van der Waals surface area contributed by atoms with E-state index in [9.17, 15) is 14.4 Å². The molecule has 1 rings (SSSR count). The number of aryl methyl sites for hydroxylation is 1. The third-order valence-corrected chi connectivity index (χ3v) is 4.42. The van der Waals surface area contributed by atoms with Crippen LogP contribution in [0.2, 0.25) is 0 Å². The minimum absolute atomic E-state index is 0.0294. The summed E-state index contributed by atoms with van der Waals surface area (Å²) in [6.45, 7) is 2.45. The number of amides is 1. The molecular weight excluding hydrogens is 314 g/mol. The van der Waals surface area contributed by atoms with Gasteiger partial charge in [0.25, 0.3) is 0 Å². The third kappa shape index (κ3) is 6.86. The number of carbonyl (C=O) groups is 3. The number of carboxylic acid groups (broad SMARTS) is 1. The number of rotatable bonds is 10. The van der Waals surface area contributed by atoms with Gasteiger partial charge in [-0.15, -0.1) is 0 Å². The minimum Gasteiger partial charge on any atom is -0.481 e. The van der Waals surface area contributed by atoms with Crippen LogP contribution in [0.15, 0.2) is 24.3 Å². The van der Waals surface area contributed by atoms with Crippen LogP contribution < -0.4 is 0 Å². The smallest absolute Gasteiger partial charge is 0.303 e. The lowest BCUT2D eigenvalue weighted by atomic mass is 10.1. The minimum atomic E-state index is -0.874. The summed E-state index contributed by atoms with van der Waals surface area (Å²) in [7, 11) is 1.64. The standard InChI is InChI=1S/C17H23NO4S/c1-3-13-6-8-14(9-7-13)11-15(23-12-19)17(22)18(2)10-4-5-16(20)21/h6-9,12,15H,3-5,10-11H2,1-2H3,(H,20,21). The van der Waals surface area contributed by atoms with Gasteiger partial charge in [-0.3, -0.25) is 14.4 Å². The average molecular weight is 337 g/mol. The fraction of sp³-hybridized carbons (Fsp3) is 0.471. The van der Waals surface area contributed by atoms with Crippen molar-refractivity contribution in [3.05, 3.63) is 35.4 Å². The first-order chi connectivity index (χ1) is 11.0. The Balaban J connectivity index is 2.65. The summed E-state index contributed by atoms with van der Waals surface area (Å²) in [5.41, 5.74) is 2.92. The lowest BCUT2D eigenvalue weighted by Crippen LogP contribution is -2.36. The van der Waals surface area contributed by atoms with Crippen LogP contribution in [0, 0.1) is 0 Å². The van der Waals surface area contributed by atoms with Crippen LogP contribution in [0.5, 0.6) is 0 Å². The molecule has 1 amide bonds. The summed E-state index contributed by atoms with van der Waals surface area (Å²) in [4.78, 5) is 35.3. The fourth-order valence-corrected chi connectivity index (χ4v) is 2.93. The van der Waals surface area contributed by atoms with Gasteiger partial charge in [-0.2, -0.15) is 0 Å². The zero-order chi connectivity index (χ0) is 17.2. The first kappa shape index (κ1) is 19.2. The lowest BCUT2D eigenvalue weighted by Gasteiger charge is -2.22. The van der Waals surface area contributed by atoms with E-state index in [-0.39, 0.29) is 12.3 Å². The second-order valence-corrected chi connectivity index (χ2v) is 6.39. The first-order valence-electron chi connectivity index (χ1n) is 7.61. The van der Waals surface area contributed by atoms with Crippen molar-refractivity contribution in [1.82, 2.24) is 4.90 Å². The Morgan fingerprint density at radius 2 is 1.87 bits per heavy atom. The van der Waals surface area contributed by atoms with Crippen LogP contribution in [0.1, 0.15) is 30.9 Å². The van der Waals surface area contributed by atoms with Gasteiger partial charge >= 0.3 is 5.97 Å². The van der Waals surface area contributed by atoms with Crippen molar-refractivity contribution in [2.75, 3.05) is 13.6 Å². The van der Waals surface area contributed by atoms with Crippen LogP contribution in [0.25, 0.3) is 0 Å². The number of hydrogen-bond donors (Lipinski definition) is 1. The summed E-state index contributed by atoms with van der Waals surface area (Å²) >= 11 is 0.969. The monoisotopic (exact) mass is 337 g/mol. The van der Waals surface area contributed by atoms with Gasteiger partial charge in [-0.05, 0) is 30.4 Å². The topological polar surface area (TPSA) is 74.7 Å². The van der Waals surface area contributed by atoms with Crippen molar-refractivity contribution >= 4 is 29.3 Å². The summed E-state index contributed by atoms with van der Waals surface area (Å²) < 4.78 is 0. The van der Waals surface area contributed by atoms with E-state index >= 15 is 0 Å². The molecule has 0 spiro atoms. The molecule has 0 aromatic heterocycles. The summed E-state index contributed by atoms with van der Waals surface area (Å²) in [5, 5.41) is 8.17. The fourth-order valence-electron chi connectivity index (χ4n) is 2.21. The molecule has 0 fully saturated rings. The zero-order valence-electron chi connectivity index (χ0n) is 13.5. The van der Waals surface area contributed by atoms with Gasteiger partial charge in [-0.1, -0.05) is 43.0 Å². The number of carbonyl (C=O) groups excluding carboxylic acids is 2. The second-order valence-electron chi connectivity index (χ2n) is 5.35. The van der Waals surface area contributed by atoms with Crippen LogP contribution in [0.3, 0.4) is 0 Å². The zero-order valence-corrected chi connectivity index (χ0v) is 14.3. The van der Waals surface area contributed by atoms with Crippen molar-refractivity contribution in [3.63, 3.8) is 0 Å². The first-order valence-corrected chi connectivity index (χ1v) is 8.55. The Hall–Kier alpha value is -1.82. The van der Waals surface area contributed by atoms with E-state index in [1.165, 1.54) is 10.5 Å². The van der Waals surface area contributed by atoms with Gasteiger partial charge in [0, 0.05) is 20.0 Å². The molecule has 1 unspecified atom stereocenters. The van der Waals surface area contributed by atoms with E-state index in [2.05, 4.69) is 6.92 Å². The van der Waals surface area contributed by atoms with Crippen LogP contribution in [-0.2, 0) is 27.2 Å². The van der Waals surface area contributed by atoms with E-state index in [1.54, 1.807) is 7.05 Å². The number of thioether (sulfide) groups is 1. The Morgan fingerprint density at radius 1 is 1.26 bits per heavy atom. The van der Waals surface area contributed by atoms with Gasteiger partial charge < -0.3 is 10.0 Å².